The molecule has 2 aromatic carbocycles. The van der Waals surface area contributed by atoms with E-state index in [2.05, 4.69) is 10.6 Å². The Bertz CT molecular complexity index is 987. The predicted octanol–water partition coefficient (Wildman–Crippen LogP) is 0.495. The van der Waals surface area contributed by atoms with Gasteiger partial charge in [0.1, 0.15) is 23.5 Å². The molecule has 1 aliphatic heterocycles. The number of benzene rings is 2. The molecule has 0 aliphatic carbocycles. The molecular formula is C20H21BF3N3O5. The summed E-state index contributed by atoms with van der Waals surface area (Å²) in [6.07, 6.45) is 0.430. The molecule has 2 aromatic rings. The van der Waals surface area contributed by atoms with Gasteiger partial charge in [-0.1, -0.05) is 6.07 Å². The lowest BCUT2D eigenvalue weighted by atomic mass is 9.79. The van der Waals surface area contributed by atoms with Crippen molar-refractivity contribution in [1.82, 2.24) is 16.1 Å². The molecule has 0 bridgehead atoms. The highest BCUT2D eigenvalue weighted by atomic mass is 19.1. The van der Waals surface area contributed by atoms with Crippen LogP contribution in [-0.2, 0) is 22.6 Å². The van der Waals surface area contributed by atoms with Gasteiger partial charge in [0.15, 0.2) is 0 Å². The minimum absolute atomic E-state index is 0.117. The van der Waals surface area contributed by atoms with Crippen LogP contribution in [0.2, 0.25) is 0 Å². The van der Waals surface area contributed by atoms with E-state index in [0.29, 0.717) is 29.6 Å². The van der Waals surface area contributed by atoms with Crippen molar-refractivity contribution in [3.8, 4) is 0 Å². The van der Waals surface area contributed by atoms with Crippen molar-refractivity contribution in [2.75, 3.05) is 6.54 Å². The molecule has 2 amide bonds. The Morgan fingerprint density at radius 3 is 2.56 bits per heavy atom. The first-order valence-corrected chi connectivity index (χ1v) is 9.81. The van der Waals surface area contributed by atoms with Gasteiger partial charge >= 0.3 is 7.12 Å². The van der Waals surface area contributed by atoms with Gasteiger partial charge in [0.2, 0.25) is 0 Å². The summed E-state index contributed by atoms with van der Waals surface area (Å²) in [6.45, 7) is 0.193. The fraction of sp³-hybridized carbons (Fsp3) is 0.300. The maximum atomic E-state index is 13.6. The smallest absolute Gasteiger partial charge is 0.423 e. The normalized spacial score (nSPS) is 13.6. The molecule has 1 aliphatic rings. The van der Waals surface area contributed by atoms with Crippen molar-refractivity contribution in [2.45, 2.75) is 32.0 Å². The molecule has 5 N–H and O–H groups in total. The fourth-order valence-electron chi connectivity index (χ4n) is 3.35. The third-order valence-corrected chi connectivity index (χ3v) is 5.05. The summed E-state index contributed by atoms with van der Waals surface area (Å²) in [5.74, 6) is -4.41. The number of rotatable bonds is 9. The summed E-state index contributed by atoms with van der Waals surface area (Å²) >= 11 is 0. The van der Waals surface area contributed by atoms with Crippen LogP contribution in [0.25, 0.3) is 0 Å². The number of hydrogen-bond acceptors (Lipinski definition) is 6. The third-order valence-electron chi connectivity index (χ3n) is 5.05. The SMILES string of the molecule is O=C(N[C@@H](CCCNCc1c(F)cc(F)cc1F)C(=O)NO)c1ccc2c(c1)COB2O. The molecule has 0 fully saturated rings. The van der Waals surface area contributed by atoms with Crippen molar-refractivity contribution < 1.29 is 37.6 Å². The average molecular weight is 451 g/mol. The maximum absolute atomic E-state index is 13.6. The van der Waals surface area contributed by atoms with E-state index in [1.807, 2.05) is 0 Å². The van der Waals surface area contributed by atoms with Crippen molar-refractivity contribution in [3.05, 3.63) is 64.5 Å². The average Bonchev–Trinajstić information content (AvgIpc) is 3.13. The van der Waals surface area contributed by atoms with E-state index in [9.17, 15) is 27.8 Å². The number of carbonyl (C=O) groups is 2. The molecule has 0 saturated heterocycles. The van der Waals surface area contributed by atoms with Crippen molar-refractivity contribution in [2.24, 2.45) is 0 Å². The summed E-state index contributed by atoms with van der Waals surface area (Å²) in [6, 6.07) is 4.69. The second kappa shape index (κ2) is 10.6. The van der Waals surface area contributed by atoms with E-state index in [1.54, 1.807) is 12.1 Å². The second-order valence-electron chi connectivity index (χ2n) is 7.25. The summed E-state index contributed by atoms with van der Waals surface area (Å²) < 4.78 is 45.3. The van der Waals surface area contributed by atoms with E-state index in [0.717, 1.165) is 0 Å². The number of carbonyl (C=O) groups excluding carboxylic acids is 2. The summed E-state index contributed by atoms with van der Waals surface area (Å²) in [7, 11) is -1.04. The Hall–Kier alpha value is -2.93. The number of fused-ring (bicyclic) bond motifs is 1. The molecule has 0 aromatic heterocycles. The monoisotopic (exact) mass is 451 g/mol. The first kappa shape index (κ1) is 23.7. The lowest BCUT2D eigenvalue weighted by molar-refractivity contribution is -0.131. The van der Waals surface area contributed by atoms with Crippen LogP contribution in [0.4, 0.5) is 13.2 Å². The molecular weight excluding hydrogens is 430 g/mol. The molecule has 0 saturated carbocycles. The molecule has 8 nitrogen and oxygen atoms in total. The highest BCUT2D eigenvalue weighted by molar-refractivity contribution is 6.61. The minimum Gasteiger partial charge on any atom is -0.423 e. The molecule has 1 heterocycles. The van der Waals surface area contributed by atoms with Gasteiger partial charge in [0, 0.05) is 29.8 Å². The fourth-order valence-corrected chi connectivity index (χ4v) is 3.35. The van der Waals surface area contributed by atoms with E-state index >= 15 is 0 Å². The molecule has 12 heteroatoms. The van der Waals surface area contributed by atoms with Crippen LogP contribution in [0.5, 0.6) is 0 Å². The van der Waals surface area contributed by atoms with Gasteiger partial charge in [0.05, 0.1) is 6.61 Å². The Morgan fingerprint density at radius 2 is 1.88 bits per heavy atom. The predicted molar refractivity (Wildman–Crippen MR) is 107 cm³/mol. The Morgan fingerprint density at radius 1 is 1.16 bits per heavy atom. The molecule has 0 spiro atoms. The summed E-state index contributed by atoms with van der Waals surface area (Å²) in [5.41, 5.74) is 2.64. The van der Waals surface area contributed by atoms with Crippen LogP contribution in [0, 0.1) is 17.5 Å². The summed E-state index contributed by atoms with van der Waals surface area (Å²) in [5, 5.41) is 23.9. The van der Waals surface area contributed by atoms with Crippen LogP contribution in [0.1, 0.15) is 34.3 Å². The molecule has 3 rings (SSSR count). The quantitative estimate of drug-likeness (QED) is 0.164. The zero-order valence-corrected chi connectivity index (χ0v) is 16.8. The van der Waals surface area contributed by atoms with Gasteiger partial charge in [-0.25, -0.2) is 18.7 Å². The van der Waals surface area contributed by atoms with Crippen molar-refractivity contribution in [3.63, 3.8) is 0 Å². The van der Waals surface area contributed by atoms with Crippen LogP contribution in [0.3, 0.4) is 0 Å². The van der Waals surface area contributed by atoms with E-state index < -0.39 is 42.4 Å². The van der Waals surface area contributed by atoms with Gasteiger partial charge in [-0.3, -0.25) is 14.8 Å². The lowest BCUT2D eigenvalue weighted by Gasteiger charge is -2.17. The third kappa shape index (κ3) is 5.65. The van der Waals surface area contributed by atoms with E-state index in [1.165, 1.54) is 11.5 Å². The zero-order chi connectivity index (χ0) is 23.3. The van der Waals surface area contributed by atoms with Crippen LogP contribution < -0.4 is 21.6 Å². The van der Waals surface area contributed by atoms with Gasteiger partial charge in [0.25, 0.3) is 11.8 Å². The van der Waals surface area contributed by atoms with E-state index in [-0.39, 0.29) is 37.2 Å². The first-order chi connectivity index (χ1) is 15.3. The van der Waals surface area contributed by atoms with Gasteiger partial charge < -0.3 is 20.3 Å². The molecule has 170 valence electrons. The van der Waals surface area contributed by atoms with Crippen molar-refractivity contribution in [1.29, 1.82) is 0 Å². The lowest BCUT2D eigenvalue weighted by Crippen LogP contribution is -2.46. The zero-order valence-electron chi connectivity index (χ0n) is 16.8. The van der Waals surface area contributed by atoms with Gasteiger partial charge in [-0.15, -0.1) is 0 Å². The standard InChI is InChI=1S/C20H21BF3N3O5/c22-13-7-16(23)14(17(24)8-13)9-25-5-1-2-18(20(29)27-31)26-19(28)11-3-4-15-12(6-11)10-32-21(15)30/h3-4,6-8,18,25,30-31H,1-2,5,9-10H2,(H,26,28)(H,27,29)/t18-/m0/s1. The van der Waals surface area contributed by atoms with Gasteiger partial charge in [-0.05, 0) is 42.5 Å². The Labute approximate surface area is 181 Å². The highest BCUT2D eigenvalue weighted by Gasteiger charge is 2.28. The Kier molecular flexibility index (Phi) is 7.86. The Balaban J connectivity index is 1.52. The van der Waals surface area contributed by atoms with Gasteiger partial charge in [-0.2, -0.15) is 0 Å². The molecule has 0 unspecified atom stereocenters. The molecule has 1 atom stereocenters. The largest absolute Gasteiger partial charge is 0.491 e. The van der Waals surface area contributed by atoms with Crippen LogP contribution in [0.15, 0.2) is 30.3 Å². The highest BCUT2D eigenvalue weighted by Crippen LogP contribution is 2.15. The number of halogens is 3. The maximum Gasteiger partial charge on any atom is 0.491 e. The van der Waals surface area contributed by atoms with Crippen molar-refractivity contribution >= 4 is 24.4 Å². The van der Waals surface area contributed by atoms with Crippen LogP contribution in [-0.4, -0.2) is 41.8 Å². The van der Waals surface area contributed by atoms with Crippen LogP contribution >= 0.6 is 0 Å². The minimum atomic E-state index is -1.07. The van der Waals surface area contributed by atoms with E-state index in [4.69, 9.17) is 9.86 Å². The topological polar surface area (TPSA) is 120 Å². The number of hydrogen-bond donors (Lipinski definition) is 5. The second-order valence-corrected chi connectivity index (χ2v) is 7.25. The first-order valence-electron chi connectivity index (χ1n) is 9.81. The number of amides is 2. The number of nitrogens with one attached hydrogen (secondary N) is 3. The summed E-state index contributed by atoms with van der Waals surface area (Å²) in [4.78, 5) is 24.5. The molecule has 32 heavy (non-hydrogen) atoms. The molecule has 0 radical (unpaired) electrons. The number of hydroxylamine groups is 1.